The third kappa shape index (κ3) is 3.65. The Bertz CT molecular complexity index is 808. The van der Waals surface area contributed by atoms with Crippen molar-refractivity contribution in [3.05, 3.63) is 42.1 Å². The second kappa shape index (κ2) is 7.38. The van der Waals surface area contributed by atoms with Crippen LogP contribution >= 0.6 is 0 Å². The van der Waals surface area contributed by atoms with Crippen LogP contribution in [0.5, 0.6) is 0 Å². The summed E-state index contributed by atoms with van der Waals surface area (Å²) in [6.07, 6.45) is 6.02. The van der Waals surface area contributed by atoms with E-state index in [0.717, 1.165) is 31.0 Å². The standard InChI is InChI=1S/C19H24N6O2/c20-18(26)15-13-25-11-10-23(9-6-17(25)22-15)19(27)14-4-3-8-24(12-14)16-5-1-2-7-21-16/h1-2,5,7,13-14H,3-4,6,8-12H2,(H2,20,26). The highest BCUT2D eigenvalue weighted by Gasteiger charge is 2.31. The molecule has 1 atom stereocenters. The highest BCUT2D eigenvalue weighted by Crippen LogP contribution is 2.23. The number of pyridine rings is 1. The maximum atomic E-state index is 13.1. The van der Waals surface area contributed by atoms with Crippen molar-refractivity contribution in [1.29, 1.82) is 0 Å². The Morgan fingerprint density at radius 3 is 2.81 bits per heavy atom. The number of imidazole rings is 1. The first-order valence-corrected chi connectivity index (χ1v) is 9.42. The summed E-state index contributed by atoms with van der Waals surface area (Å²) in [5, 5.41) is 0. The number of hydrogen-bond acceptors (Lipinski definition) is 5. The Kier molecular flexibility index (Phi) is 4.79. The fourth-order valence-electron chi connectivity index (χ4n) is 3.95. The Labute approximate surface area is 158 Å². The first kappa shape index (κ1) is 17.5. The number of nitrogens with zero attached hydrogens (tertiary/aromatic N) is 5. The van der Waals surface area contributed by atoms with Gasteiger partial charge in [0.15, 0.2) is 0 Å². The Hall–Kier alpha value is -2.90. The van der Waals surface area contributed by atoms with Crippen LogP contribution in [0.3, 0.4) is 0 Å². The maximum absolute atomic E-state index is 13.1. The van der Waals surface area contributed by atoms with E-state index in [4.69, 9.17) is 5.73 Å². The number of carbonyl (C=O) groups is 2. The van der Waals surface area contributed by atoms with Gasteiger partial charge in [-0.05, 0) is 25.0 Å². The molecule has 1 unspecified atom stereocenters. The highest BCUT2D eigenvalue weighted by atomic mass is 16.2. The molecule has 0 radical (unpaired) electrons. The molecule has 2 amide bonds. The minimum Gasteiger partial charge on any atom is -0.364 e. The second-order valence-corrected chi connectivity index (χ2v) is 7.15. The lowest BCUT2D eigenvalue weighted by Crippen LogP contribution is -2.46. The van der Waals surface area contributed by atoms with Crippen molar-refractivity contribution in [3.8, 4) is 0 Å². The third-order valence-electron chi connectivity index (χ3n) is 5.38. The van der Waals surface area contributed by atoms with Crippen LogP contribution in [-0.2, 0) is 17.8 Å². The van der Waals surface area contributed by atoms with Gasteiger partial charge in [-0.2, -0.15) is 0 Å². The molecule has 0 bridgehead atoms. The van der Waals surface area contributed by atoms with Crippen molar-refractivity contribution in [2.45, 2.75) is 25.8 Å². The molecule has 1 saturated heterocycles. The molecular formula is C19H24N6O2. The van der Waals surface area contributed by atoms with Gasteiger partial charge in [0.2, 0.25) is 5.91 Å². The van der Waals surface area contributed by atoms with Gasteiger partial charge in [-0.25, -0.2) is 9.97 Å². The molecule has 27 heavy (non-hydrogen) atoms. The smallest absolute Gasteiger partial charge is 0.268 e. The van der Waals surface area contributed by atoms with Crippen molar-refractivity contribution in [1.82, 2.24) is 19.4 Å². The van der Waals surface area contributed by atoms with Gasteiger partial charge in [-0.15, -0.1) is 0 Å². The average Bonchev–Trinajstić information content (AvgIpc) is 3.02. The fraction of sp³-hybridized carbons (Fsp3) is 0.474. The summed E-state index contributed by atoms with van der Waals surface area (Å²) in [5.74, 6) is 1.44. The summed E-state index contributed by atoms with van der Waals surface area (Å²) in [6.45, 7) is 3.53. The fourth-order valence-corrected chi connectivity index (χ4v) is 3.95. The van der Waals surface area contributed by atoms with E-state index in [-0.39, 0.29) is 11.8 Å². The van der Waals surface area contributed by atoms with Crippen molar-refractivity contribution < 1.29 is 9.59 Å². The predicted octanol–water partition coefficient (Wildman–Crippen LogP) is 0.678. The van der Waals surface area contributed by atoms with E-state index < -0.39 is 5.91 Å². The summed E-state index contributed by atoms with van der Waals surface area (Å²) in [7, 11) is 0. The van der Waals surface area contributed by atoms with Gasteiger partial charge in [-0.1, -0.05) is 6.07 Å². The first-order chi connectivity index (χ1) is 13.1. The Morgan fingerprint density at radius 1 is 1.15 bits per heavy atom. The number of primary amides is 1. The number of aromatic nitrogens is 3. The van der Waals surface area contributed by atoms with E-state index in [1.165, 1.54) is 0 Å². The minimum atomic E-state index is -0.514. The van der Waals surface area contributed by atoms with Gasteiger partial charge in [0.05, 0.1) is 5.92 Å². The van der Waals surface area contributed by atoms with Crippen LogP contribution in [0.4, 0.5) is 5.82 Å². The highest BCUT2D eigenvalue weighted by molar-refractivity contribution is 5.90. The van der Waals surface area contributed by atoms with Crippen LogP contribution in [-0.4, -0.2) is 57.4 Å². The summed E-state index contributed by atoms with van der Waals surface area (Å²) in [6, 6.07) is 5.87. The number of nitrogens with two attached hydrogens (primary N) is 1. The largest absolute Gasteiger partial charge is 0.364 e. The van der Waals surface area contributed by atoms with Crippen LogP contribution in [0, 0.1) is 5.92 Å². The van der Waals surface area contributed by atoms with Crippen LogP contribution in [0.2, 0.25) is 0 Å². The SMILES string of the molecule is NC(=O)c1cn2c(n1)CCN(C(=O)C1CCCN(c3ccccn3)C1)CC2. The van der Waals surface area contributed by atoms with Crippen molar-refractivity contribution in [2.24, 2.45) is 11.7 Å². The van der Waals surface area contributed by atoms with Crippen LogP contribution < -0.4 is 10.6 Å². The van der Waals surface area contributed by atoms with E-state index in [1.54, 1.807) is 12.4 Å². The number of carbonyl (C=O) groups excluding carboxylic acids is 2. The number of amides is 2. The van der Waals surface area contributed by atoms with E-state index >= 15 is 0 Å². The van der Waals surface area contributed by atoms with Gasteiger partial charge in [0, 0.05) is 51.5 Å². The molecule has 2 aliphatic rings. The van der Waals surface area contributed by atoms with Gasteiger partial charge in [-0.3, -0.25) is 9.59 Å². The predicted molar refractivity (Wildman–Crippen MR) is 100 cm³/mol. The van der Waals surface area contributed by atoms with Gasteiger partial charge >= 0.3 is 0 Å². The molecule has 0 aliphatic carbocycles. The zero-order valence-corrected chi connectivity index (χ0v) is 15.3. The molecule has 8 nitrogen and oxygen atoms in total. The first-order valence-electron chi connectivity index (χ1n) is 9.42. The zero-order valence-electron chi connectivity index (χ0n) is 15.3. The van der Waals surface area contributed by atoms with E-state index in [1.807, 2.05) is 27.7 Å². The van der Waals surface area contributed by atoms with Crippen molar-refractivity contribution >= 4 is 17.6 Å². The molecule has 2 aromatic rings. The molecule has 0 aromatic carbocycles. The number of anilines is 1. The van der Waals surface area contributed by atoms with Crippen molar-refractivity contribution in [3.63, 3.8) is 0 Å². The number of rotatable bonds is 3. The van der Waals surface area contributed by atoms with E-state index in [2.05, 4.69) is 14.9 Å². The number of piperidine rings is 1. The summed E-state index contributed by atoms with van der Waals surface area (Å²) in [4.78, 5) is 37.3. The lowest BCUT2D eigenvalue weighted by molar-refractivity contribution is -0.135. The normalized spacial score (nSPS) is 20.1. The van der Waals surface area contributed by atoms with Crippen LogP contribution in [0.15, 0.2) is 30.6 Å². The maximum Gasteiger partial charge on any atom is 0.268 e. The van der Waals surface area contributed by atoms with Gasteiger partial charge in [0.25, 0.3) is 5.91 Å². The topological polar surface area (TPSA) is 97.3 Å². The minimum absolute atomic E-state index is 0.00708. The zero-order chi connectivity index (χ0) is 18.8. The summed E-state index contributed by atoms with van der Waals surface area (Å²) >= 11 is 0. The van der Waals surface area contributed by atoms with Crippen molar-refractivity contribution in [2.75, 3.05) is 31.1 Å². The summed E-state index contributed by atoms with van der Waals surface area (Å²) in [5.41, 5.74) is 5.60. The number of fused-ring (bicyclic) bond motifs is 1. The Balaban J connectivity index is 1.41. The second-order valence-electron chi connectivity index (χ2n) is 7.15. The molecule has 2 N–H and O–H groups in total. The molecule has 2 aliphatic heterocycles. The van der Waals surface area contributed by atoms with Crippen LogP contribution in [0.25, 0.3) is 0 Å². The molecule has 4 heterocycles. The Morgan fingerprint density at radius 2 is 2.04 bits per heavy atom. The van der Waals surface area contributed by atoms with E-state index in [0.29, 0.717) is 38.3 Å². The molecule has 0 saturated carbocycles. The lowest BCUT2D eigenvalue weighted by Gasteiger charge is -2.35. The molecule has 1 fully saturated rings. The monoisotopic (exact) mass is 368 g/mol. The number of hydrogen-bond donors (Lipinski definition) is 1. The quantitative estimate of drug-likeness (QED) is 0.859. The lowest BCUT2D eigenvalue weighted by atomic mass is 9.96. The third-order valence-corrected chi connectivity index (χ3v) is 5.38. The summed E-state index contributed by atoms with van der Waals surface area (Å²) < 4.78 is 1.94. The molecular weight excluding hydrogens is 344 g/mol. The van der Waals surface area contributed by atoms with Crippen LogP contribution in [0.1, 0.15) is 29.2 Å². The van der Waals surface area contributed by atoms with E-state index in [9.17, 15) is 9.59 Å². The average molecular weight is 368 g/mol. The van der Waals surface area contributed by atoms with Gasteiger partial charge in [0.1, 0.15) is 17.3 Å². The molecule has 0 spiro atoms. The molecule has 8 heteroatoms. The molecule has 2 aromatic heterocycles. The molecule has 4 rings (SSSR count). The molecule has 142 valence electrons. The van der Waals surface area contributed by atoms with Gasteiger partial charge < -0.3 is 20.1 Å².